The molecule has 0 unspecified atom stereocenters. The lowest BCUT2D eigenvalue weighted by Crippen LogP contribution is -2.33. The molecule has 7 nitrogen and oxygen atoms in total. The maximum Gasteiger partial charge on any atom is 0.273 e. The number of nitrogens with zero attached hydrogens (tertiary/aromatic N) is 5. The number of fused-ring (bicyclic) bond motifs is 2. The van der Waals surface area contributed by atoms with Gasteiger partial charge in [0.15, 0.2) is 0 Å². The average Bonchev–Trinajstić information content (AvgIpc) is 3.23. The molecule has 1 aromatic carbocycles. The molecule has 0 spiro atoms. The lowest BCUT2D eigenvalue weighted by molar-refractivity contribution is 0.0724. The van der Waals surface area contributed by atoms with Crippen molar-refractivity contribution in [3.8, 4) is 0 Å². The molecule has 1 saturated carbocycles. The molecule has 0 saturated heterocycles. The molecule has 142 valence electrons. The van der Waals surface area contributed by atoms with Crippen LogP contribution in [0.1, 0.15) is 54.4 Å². The van der Waals surface area contributed by atoms with Crippen LogP contribution >= 0.6 is 0 Å². The Hall–Kier alpha value is -3.22. The second-order valence-corrected chi connectivity index (χ2v) is 7.76. The number of amides is 1. The Morgan fingerprint density at radius 3 is 2.93 bits per heavy atom. The van der Waals surface area contributed by atoms with Crippen molar-refractivity contribution >= 4 is 22.6 Å². The first-order chi connectivity index (χ1) is 13.6. The summed E-state index contributed by atoms with van der Waals surface area (Å²) in [6, 6.07) is 10.5. The highest BCUT2D eigenvalue weighted by molar-refractivity contribution is 5.93. The van der Waals surface area contributed by atoms with Crippen LogP contribution in [0.5, 0.6) is 0 Å². The smallest absolute Gasteiger partial charge is 0.273 e. The average molecular weight is 374 g/mol. The van der Waals surface area contributed by atoms with Gasteiger partial charge in [-0.1, -0.05) is 19.9 Å². The van der Waals surface area contributed by atoms with E-state index in [1.54, 1.807) is 4.52 Å². The maximum atomic E-state index is 13.4. The lowest BCUT2D eigenvalue weighted by Gasteiger charge is -2.23. The van der Waals surface area contributed by atoms with Crippen LogP contribution in [-0.4, -0.2) is 41.4 Å². The molecule has 0 aliphatic heterocycles. The van der Waals surface area contributed by atoms with Gasteiger partial charge in [-0.05, 0) is 54.0 Å². The number of carbonyl (C=O) groups is 1. The summed E-state index contributed by atoms with van der Waals surface area (Å²) in [5.74, 6) is 0.646. The van der Waals surface area contributed by atoms with Crippen molar-refractivity contribution < 1.29 is 4.79 Å². The highest BCUT2D eigenvalue weighted by Crippen LogP contribution is 2.30. The van der Waals surface area contributed by atoms with Crippen LogP contribution in [0.2, 0.25) is 0 Å². The van der Waals surface area contributed by atoms with Crippen molar-refractivity contribution in [2.45, 2.75) is 45.2 Å². The Kier molecular flexibility index (Phi) is 3.89. The van der Waals surface area contributed by atoms with Gasteiger partial charge in [0, 0.05) is 24.3 Å². The Morgan fingerprint density at radius 1 is 1.29 bits per heavy atom. The van der Waals surface area contributed by atoms with E-state index in [2.05, 4.69) is 58.2 Å². The van der Waals surface area contributed by atoms with E-state index in [1.165, 1.54) is 6.33 Å². The summed E-state index contributed by atoms with van der Waals surface area (Å²) < 4.78 is 1.71. The van der Waals surface area contributed by atoms with Crippen LogP contribution in [0.15, 0.2) is 42.9 Å². The molecule has 0 atom stereocenters. The third-order valence-corrected chi connectivity index (χ3v) is 5.31. The van der Waals surface area contributed by atoms with Gasteiger partial charge in [-0.2, -0.15) is 10.1 Å². The lowest BCUT2D eigenvalue weighted by atomic mass is 10.1. The van der Waals surface area contributed by atoms with Crippen molar-refractivity contribution in [1.29, 1.82) is 0 Å². The monoisotopic (exact) mass is 374 g/mol. The predicted octanol–water partition coefficient (Wildman–Crippen LogP) is 3.53. The third-order valence-electron chi connectivity index (χ3n) is 5.31. The number of rotatable bonds is 5. The highest BCUT2D eigenvalue weighted by atomic mass is 16.2. The summed E-state index contributed by atoms with van der Waals surface area (Å²) in [5, 5.41) is 5.40. The topological polar surface area (TPSA) is 79.2 Å². The van der Waals surface area contributed by atoms with E-state index >= 15 is 0 Å². The first-order valence-corrected chi connectivity index (χ1v) is 9.68. The van der Waals surface area contributed by atoms with Gasteiger partial charge in [0.25, 0.3) is 11.7 Å². The first-order valence-electron chi connectivity index (χ1n) is 9.68. The predicted molar refractivity (Wildman–Crippen MR) is 106 cm³/mol. The van der Waals surface area contributed by atoms with Crippen LogP contribution in [0, 0.1) is 0 Å². The Bertz CT molecular complexity index is 1170. The summed E-state index contributed by atoms with van der Waals surface area (Å²) in [4.78, 5) is 27.2. The van der Waals surface area contributed by atoms with Crippen LogP contribution in [-0.2, 0) is 6.54 Å². The summed E-state index contributed by atoms with van der Waals surface area (Å²) in [5.41, 5.74) is 3.61. The zero-order valence-electron chi connectivity index (χ0n) is 16.0. The number of nitrogens with one attached hydrogen (secondary N) is 1. The van der Waals surface area contributed by atoms with Gasteiger partial charge in [0.1, 0.15) is 12.0 Å². The van der Waals surface area contributed by atoms with Gasteiger partial charge in [0.2, 0.25) is 0 Å². The van der Waals surface area contributed by atoms with Gasteiger partial charge in [0.05, 0.1) is 5.69 Å². The van der Waals surface area contributed by atoms with Crippen LogP contribution < -0.4 is 0 Å². The van der Waals surface area contributed by atoms with Crippen molar-refractivity contribution in [3.05, 3.63) is 59.8 Å². The molecule has 1 aliphatic rings. The van der Waals surface area contributed by atoms with Crippen molar-refractivity contribution in [1.82, 2.24) is 29.5 Å². The fraction of sp³-hybridized carbons (Fsp3) is 0.333. The maximum absolute atomic E-state index is 13.4. The number of aromatic nitrogens is 5. The zero-order chi connectivity index (χ0) is 19.3. The van der Waals surface area contributed by atoms with Crippen molar-refractivity contribution in [2.75, 3.05) is 0 Å². The number of benzene rings is 1. The molecule has 28 heavy (non-hydrogen) atoms. The number of aromatic amines is 1. The molecule has 4 aromatic rings. The fourth-order valence-corrected chi connectivity index (χ4v) is 3.65. The van der Waals surface area contributed by atoms with Crippen LogP contribution in [0.3, 0.4) is 0 Å². The number of hydrogen-bond donors (Lipinski definition) is 1. The molecule has 1 amide bonds. The number of carbonyl (C=O) groups excluding carboxylic acids is 1. The summed E-state index contributed by atoms with van der Waals surface area (Å²) in [6.07, 6.45) is 5.50. The molecule has 3 heterocycles. The van der Waals surface area contributed by atoms with E-state index in [1.807, 2.05) is 17.2 Å². The number of hydrogen-bond acceptors (Lipinski definition) is 4. The van der Waals surface area contributed by atoms with Crippen molar-refractivity contribution in [2.24, 2.45) is 0 Å². The second-order valence-electron chi connectivity index (χ2n) is 7.76. The van der Waals surface area contributed by atoms with E-state index in [0.29, 0.717) is 18.0 Å². The quantitative estimate of drug-likeness (QED) is 0.579. The van der Waals surface area contributed by atoms with E-state index in [4.69, 9.17) is 0 Å². The minimum atomic E-state index is -0.0379. The van der Waals surface area contributed by atoms with E-state index in [-0.39, 0.29) is 17.9 Å². The molecule has 1 N–H and O–H groups in total. The van der Waals surface area contributed by atoms with Crippen molar-refractivity contribution in [3.63, 3.8) is 0 Å². The third kappa shape index (κ3) is 2.93. The Balaban J connectivity index is 1.50. The van der Waals surface area contributed by atoms with Gasteiger partial charge >= 0.3 is 0 Å². The Morgan fingerprint density at radius 2 is 2.14 bits per heavy atom. The molecule has 5 rings (SSSR count). The molecule has 1 aliphatic carbocycles. The summed E-state index contributed by atoms with van der Waals surface area (Å²) in [6.45, 7) is 4.74. The SMILES string of the molecule is CC(C)c1cc(C(=O)N(Cc2ccc3[nH]ccc3c2)C2CC2)nc2ncnn12. The minimum Gasteiger partial charge on any atom is -0.361 e. The van der Waals surface area contributed by atoms with Gasteiger partial charge in [-0.25, -0.2) is 9.50 Å². The molecular formula is C21H22N6O. The molecule has 0 radical (unpaired) electrons. The summed E-state index contributed by atoms with van der Waals surface area (Å²) >= 11 is 0. The molecule has 3 aromatic heterocycles. The van der Waals surface area contributed by atoms with Crippen LogP contribution in [0.4, 0.5) is 0 Å². The minimum absolute atomic E-state index is 0.0379. The molecule has 0 bridgehead atoms. The largest absolute Gasteiger partial charge is 0.361 e. The first kappa shape index (κ1) is 16.9. The molecule has 1 fully saturated rings. The Labute approximate surface area is 162 Å². The van der Waals surface area contributed by atoms with E-state index < -0.39 is 0 Å². The molecular weight excluding hydrogens is 352 g/mol. The van der Waals surface area contributed by atoms with Gasteiger partial charge in [-0.15, -0.1) is 0 Å². The normalized spacial score (nSPS) is 14.2. The van der Waals surface area contributed by atoms with Crippen LogP contribution in [0.25, 0.3) is 16.7 Å². The fourth-order valence-electron chi connectivity index (χ4n) is 3.65. The van der Waals surface area contributed by atoms with E-state index in [0.717, 1.165) is 35.0 Å². The zero-order valence-corrected chi connectivity index (χ0v) is 16.0. The second kappa shape index (κ2) is 6.44. The standard InChI is InChI=1S/C21H22N6O/c1-13(2)19-10-18(25-21-23-12-24-27(19)21)20(28)26(16-4-5-16)11-14-3-6-17-15(9-14)7-8-22-17/h3,6-10,12-13,16,22H,4-5,11H2,1-2H3. The molecule has 7 heteroatoms. The summed E-state index contributed by atoms with van der Waals surface area (Å²) in [7, 11) is 0. The number of H-pyrrole nitrogens is 1. The van der Waals surface area contributed by atoms with E-state index in [9.17, 15) is 4.79 Å². The van der Waals surface area contributed by atoms with Gasteiger partial charge < -0.3 is 9.88 Å². The van der Waals surface area contributed by atoms with Gasteiger partial charge in [-0.3, -0.25) is 4.79 Å². The highest BCUT2D eigenvalue weighted by Gasteiger charge is 2.34.